The predicted octanol–water partition coefficient (Wildman–Crippen LogP) is 5.45. The van der Waals surface area contributed by atoms with Crippen LogP contribution in [0.1, 0.15) is 5.56 Å². The van der Waals surface area contributed by atoms with E-state index >= 15 is 0 Å². The molecule has 0 unspecified atom stereocenters. The summed E-state index contributed by atoms with van der Waals surface area (Å²) in [6, 6.07) is 14.6. The van der Waals surface area contributed by atoms with Gasteiger partial charge in [0.15, 0.2) is 0 Å². The van der Waals surface area contributed by atoms with E-state index < -0.39 is 0 Å². The van der Waals surface area contributed by atoms with Crippen LogP contribution in [0.3, 0.4) is 0 Å². The highest BCUT2D eigenvalue weighted by Gasteiger charge is 2.09. The van der Waals surface area contributed by atoms with E-state index in [1.54, 1.807) is 11.3 Å². The molecular weight excluding hydrogens is 318 g/mol. The van der Waals surface area contributed by atoms with Gasteiger partial charge in [-0.3, -0.25) is 0 Å². The molecule has 0 N–H and O–H groups in total. The molecule has 0 saturated carbocycles. The molecule has 0 radical (unpaired) electrons. The van der Waals surface area contributed by atoms with Crippen LogP contribution in [0.4, 0.5) is 0 Å². The second-order valence-electron chi connectivity index (χ2n) is 4.29. The minimum absolute atomic E-state index is 0.888. The summed E-state index contributed by atoms with van der Waals surface area (Å²) >= 11 is 5.37. The molecule has 1 aromatic heterocycles. The number of rotatable bonds is 3. The summed E-state index contributed by atoms with van der Waals surface area (Å²) in [5, 5.41) is 1.05. The molecule has 1 nitrogen and oxygen atoms in total. The first-order valence-corrected chi connectivity index (χ1v) is 7.64. The maximum Gasteiger partial charge on any atom is 0.125 e. The van der Waals surface area contributed by atoms with Gasteiger partial charge in [-0.05, 0) is 30.2 Å². The molecule has 3 aromatic rings. The third kappa shape index (κ3) is 2.48. The number of fused-ring (bicyclic) bond motifs is 1. The Labute approximate surface area is 124 Å². The van der Waals surface area contributed by atoms with Gasteiger partial charge in [0, 0.05) is 10.0 Å². The van der Waals surface area contributed by atoms with E-state index in [4.69, 9.17) is 0 Å². The summed E-state index contributed by atoms with van der Waals surface area (Å²) in [5.74, 6) is 0. The highest BCUT2D eigenvalue weighted by atomic mass is 79.9. The molecule has 19 heavy (non-hydrogen) atoms. The molecule has 94 valence electrons. The van der Waals surface area contributed by atoms with E-state index in [2.05, 4.69) is 57.8 Å². The second-order valence-corrected chi connectivity index (χ2v) is 6.18. The van der Waals surface area contributed by atoms with Crippen molar-refractivity contribution in [2.75, 3.05) is 0 Å². The molecule has 0 amide bonds. The molecule has 0 aliphatic rings. The monoisotopic (exact) mass is 329 g/mol. The summed E-state index contributed by atoms with van der Waals surface area (Å²) in [6.07, 6.45) is 2.80. The van der Waals surface area contributed by atoms with Gasteiger partial charge >= 0.3 is 0 Å². The van der Waals surface area contributed by atoms with Crippen molar-refractivity contribution in [3.05, 3.63) is 65.2 Å². The fourth-order valence-electron chi connectivity index (χ4n) is 2.01. The molecule has 0 bridgehead atoms. The number of benzene rings is 2. The van der Waals surface area contributed by atoms with Crippen molar-refractivity contribution in [2.45, 2.75) is 6.42 Å². The predicted molar refractivity (Wildman–Crippen MR) is 86.7 cm³/mol. The molecule has 0 aliphatic carbocycles. The molecule has 1 heterocycles. The Hall–Kier alpha value is -1.45. The lowest BCUT2D eigenvalue weighted by molar-refractivity contribution is 1.27. The minimum Gasteiger partial charge on any atom is -0.236 e. The molecule has 0 aliphatic heterocycles. The fourth-order valence-corrected chi connectivity index (χ4v) is 3.76. The van der Waals surface area contributed by atoms with Gasteiger partial charge in [0.25, 0.3) is 0 Å². The lowest BCUT2D eigenvalue weighted by atomic mass is 10.1. The third-order valence-electron chi connectivity index (χ3n) is 2.94. The van der Waals surface area contributed by atoms with Crippen LogP contribution in [0, 0.1) is 0 Å². The number of halogens is 1. The Kier molecular flexibility index (Phi) is 3.49. The van der Waals surface area contributed by atoms with Crippen molar-refractivity contribution >= 4 is 37.5 Å². The molecule has 3 heteroatoms. The SMILES string of the molecule is C=CCc1ccc(-c2nc3ccccc3s2)c(Br)c1. The van der Waals surface area contributed by atoms with Crippen LogP contribution in [-0.4, -0.2) is 4.98 Å². The van der Waals surface area contributed by atoms with Gasteiger partial charge in [-0.2, -0.15) is 0 Å². The van der Waals surface area contributed by atoms with Gasteiger partial charge in [0.05, 0.1) is 10.2 Å². The topological polar surface area (TPSA) is 12.9 Å². The number of aromatic nitrogens is 1. The van der Waals surface area contributed by atoms with E-state index in [9.17, 15) is 0 Å². The molecule has 3 rings (SSSR count). The number of para-hydroxylation sites is 1. The van der Waals surface area contributed by atoms with E-state index in [0.29, 0.717) is 0 Å². The van der Waals surface area contributed by atoms with Crippen molar-refractivity contribution in [3.63, 3.8) is 0 Å². The van der Waals surface area contributed by atoms with Gasteiger partial charge in [0.2, 0.25) is 0 Å². The largest absolute Gasteiger partial charge is 0.236 e. The van der Waals surface area contributed by atoms with Crippen molar-refractivity contribution in [2.24, 2.45) is 0 Å². The van der Waals surface area contributed by atoms with Crippen LogP contribution in [-0.2, 0) is 6.42 Å². The normalized spacial score (nSPS) is 10.8. The molecule has 0 spiro atoms. The van der Waals surface area contributed by atoms with Crippen LogP contribution in [0.2, 0.25) is 0 Å². The fraction of sp³-hybridized carbons (Fsp3) is 0.0625. The van der Waals surface area contributed by atoms with Crippen LogP contribution in [0.15, 0.2) is 59.6 Å². The van der Waals surface area contributed by atoms with Crippen molar-refractivity contribution in [3.8, 4) is 10.6 Å². The van der Waals surface area contributed by atoms with Crippen LogP contribution in [0.25, 0.3) is 20.8 Å². The summed E-state index contributed by atoms with van der Waals surface area (Å²) < 4.78 is 2.31. The average Bonchev–Trinajstić information content (AvgIpc) is 2.82. The zero-order valence-corrected chi connectivity index (χ0v) is 12.7. The summed E-state index contributed by atoms with van der Waals surface area (Å²) in [4.78, 5) is 4.69. The second kappa shape index (κ2) is 5.27. The molecular formula is C16H12BrNS. The summed E-state index contributed by atoms with van der Waals surface area (Å²) in [5.41, 5.74) is 3.46. The quantitative estimate of drug-likeness (QED) is 0.582. The summed E-state index contributed by atoms with van der Waals surface area (Å²) in [7, 11) is 0. The zero-order valence-electron chi connectivity index (χ0n) is 10.3. The van der Waals surface area contributed by atoms with Gasteiger partial charge in [0.1, 0.15) is 5.01 Å². The van der Waals surface area contributed by atoms with Crippen molar-refractivity contribution in [1.29, 1.82) is 0 Å². The van der Waals surface area contributed by atoms with Crippen LogP contribution < -0.4 is 0 Å². The molecule has 0 atom stereocenters. The lowest BCUT2D eigenvalue weighted by Gasteiger charge is -2.03. The van der Waals surface area contributed by atoms with Gasteiger partial charge in [-0.25, -0.2) is 4.98 Å². The highest BCUT2D eigenvalue weighted by Crippen LogP contribution is 2.34. The van der Waals surface area contributed by atoms with Crippen LogP contribution in [0.5, 0.6) is 0 Å². The maximum atomic E-state index is 4.69. The van der Waals surface area contributed by atoms with Gasteiger partial charge < -0.3 is 0 Å². The molecule has 2 aromatic carbocycles. The van der Waals surface area contributed by atoms with Crippen molar-refractivity contribution in [1.82, 2.24) is 4.98 Å². The average molecular weight is 330 g/mol. The number of nitrogens with zero attached hydrogens (tertiary/aromatic N) is 1. The van der Waals surface area contributed by atoms with Gasteiger partial charge in [-0.1, -0.05) is 46.3 Å². The van der Waals surface area contributed by atoms with Crippen LogP contribution >= 0.6 is 27.3 Å². The Morgan fingerprint density at radius 1 is 1.21 bits per heavy atom. The number of hydrogen-bond acceptors (Lipinski definition) is 2. The molecule has 0 saturated heterocycles. The number of hydrogen-bond donors (Lipinski definition) is 0. The molecule has 0 fully saturated rings. The first-order valence-electron chi connectivity index (χ1n) is 6.03. The Morgan fingerprint density at radius 3 is 2.79 bits per heavy atom. The van der Waals surface area contributed by atoms with E-state index in [1.807, 2.05) is 18.2 Å². The lowest BCUT2D eigenvalue weighted by Crippen LogP contribution is -1.84. The van der Waals surface area contributed by atoms with Crippen molar-refractivity contribution < 1.29 is 0 Å². The maximum absolute atomic E-state index is 4.69. The summed E-state index contributed by atoms with van der Waals surface area (Å²) in [6.45, 7) is 3.77. The first-order chi connectivity index (χ1) is 9.28. The van der Waals surface area contributed by atoms with E-state index in [1.165, 1.54) is 10.3 Å². The number of thiazole rings is 1. The third-order valence-corrected chi connectivity index (χ3v) is 4.66. The Morgan fingerprint density at radius 2 is 2.05 bits per heavy atom. The smallest absolute Gasteiger partial charge is 0.125 e. The number of allylic oxidation sites excluding steroid dienone is 1. The Bertz CT molecular complexity index is 712. The standard InChI is InChI=1S/C16H12BrNS/c1-2-5-11-8-9-12(13(17)10-11)16-18-14-6-3-4-7-15(14)19-16/h2-4,6-10H,1,5H2. The van der Waals surface area contributed by atoms with Gasteiger partial charge in [-0.15, -0.1) is 17.9 Å². The van der Waals surface area contributed by atoms with E-state index in [0.717, 1.165) is 27.0 Å². The Balaban J connectivity index is 2.08. The minimum atomic E-state index is 0.888. The zero-order chi connectivity index (χ0) is 13.2. The van der Waals surface area contributed by atoms with E-state index in [-0.39, 0.29) is 0 Å². The first kappa shape index (κ1) is 12.6. The highest BCUT2D eigenvalue weighted by molar-refractivity contribution is 9.10.